The summed E-state index contributed by atoms with van der Waals surface area (Å²) in [5, 5.41) is 1.09. The number of methoxy groups -OCH3 is 1. The van der Waals surface area contributed by atoms with Crippen LogP contribution in [-0.4, -0.2) is 17.1 Å². The lowest BCUT2D eigenvalue weighted by molar-refractivity contribution is 0.297. The van der Waals surface area contributed by atoms with Gasteiger partial charge in [0.1, 0.15) is 17.2 Å². The zero-order valence-corrected chi connectivity index (χ0v) is 13.2. The highest BCUT2D eigenvalue weighted by molar-refractivity contribution is 7.18. The van der Waals surface area contributed by atoms with E-state index in [0.717, 1.165) is 26.4 Å². The molecule has 0 spiro atoms. The van der Waals surface area contributed by atoms with E-state index in [1.165, 1.54) is 0 Å². The summed E-state index contributed by atoms with van der Waals surface area (Å²) in [7, 11) is 1.64. The van der Waals surface area contributed by atoms with Gasteiger partial charge in [0.15, 0.2) is 0 Å². The molecule has 0 saturated carbocycles. The fourth-order valence-corrected chi connectivity index (χ4v) is 3.10. The van der Waals surface area contributed by atoms with Crippen LogP contribution in [-0.2, 0) is 6.61 Å². The van der Waals surface area contributed by atoms with Crippen LogP contribution in [0.3, 0.4) is 0 Å². The molecule has 0 unspecified atom stereocenters. The van der Waals surface area contributed by atoms with E-state index in [-0.39, 0.29) is 5.28 Å². The lowest BCUT2D eigenvalue weighted by Gasteiger charge is -2.08. The van der Waals surface area contributed by atoms with Crippen LogP contribution in [0.2, 0.25) is 5.28 Å². The molecule has 0 atom stereocenters. The van der Waals surface area contributed by atoms with Crippen molar-refractivity contribution in [1.82, 2.24) is 9.97 Å². The number of rotatable bonds is 4. The normalized spacial score (nSPS) is 10.8. The second kappa shape index (κ2) is 5.87. The van der Waals surface area contributed by atoms with Crippen LogP contribution in [0.25, 0.3) is 10.2 Å². The number of hydrogen-bond donors (Lipinski definition) is 0. The molecule has 4 nitrogen and oxygen atoms in total. The maximum Gasteiger partial charge on any atom is 0.227 e. The third kappa shape index (κ3) is 3.09. The summed E-state index contributed by atoms with van der Waals surface area (Å²) in [4.78, 5) is 10.4. The molecule has 0 aliphatic heterocycles. The molecule has 6 heteroatoms. The molecule has 0 bridgehead atoms. The largest absolute Gasteiger partial charge is 0.497 e. The Morgan fingerprint density at radius 2 is 2.10 bits per heavy atom. The predicted molar refractivity (Wildman–Crippen MR) is 84.5 cm³/mol. The molecule has 2 heterocycles. The molecule has 0 amide bonds. The van der Waals surface area contributed by atoms with Crippen molar-refractivity contribution in [2.24, 2.45) is 0 Å². The van der Waals surface area contributed by atoms with Crippen molar-refractivity contribution in [3.63, 3.8) is 0 Å². The second-order valence-corrected chi connectivity index (χ2v) is 6.09. The fraction of sp³-hybridized carbons (Fsp3) is 0.200. The van der Waals surface area contributed by atoms with Crippen molar-refractivity contribution < 1.29 is 9.47 Å². The van der Waals surface area contributed by atoms with Gasteiger partial charge in [-0.1, -0.05) is 12.1 Å². The zero-order valence-electron chi connectivity index (χ0n) is 11.6. The van der Waals surface area contributed by atoms with Gasteiger partial charge in [0, 0.05) is 4.88 Å². The highest BCUT2D eigenvalue weighted by Gasteiger charge is 2.11. The Labute approximate surface area is 131 Å². The van der Waals surface area contributed by atoms with E-state index in [1.807, 2.05) is 37.3 Å². The molecule has 3 rings (SSSR count). The number of nitrogens with zero attached hydrogens (tertiary/aromatic N) is 2. The van der Waals surface area contributed by atoms with Crippen LogP contribution in [0.1, 0.15) is 10.4 Å². The Morgan fingerprint density at radius 3 is 2.90 bits per heavy atom. The Kier molecular flexibility index (Phi) is 3.94. The minimum absolute atomic E-state index is 0.199. The molecule has 0 saturated heterocycles. The van der Waals surface area contributed by atoms with Crippen molar-refractivity contribution in [1.29, 1.82) is 0 Å². The molecule has 3 aromatic rings. The van der Waals surface area contributed by atoms with Gasteiger partial charge >= 0.3 is 0 Å². The van der Waals surface area contributed by atoms with Gasteiger partial charge in [-0.3, -0.25) is 0 Å². The van der Waals surface area contributed by atoms with Gasteiger partial charge in [0.2, 0.25) is 11.2 Å². The van der Waals surface area contributed by atoms with Crippen LogP contribution in [0.15, 0.2) is 30.3 Å². The van der Waals surface area contributed by atoms with E-state index in [4.69, 9.17) is 21.1 Å². The molecule has 1 aromatic carbocycles. The van der Waals surface area contributed by atoms with Crippen molar-refractivity contribution in [3.8, 4) is 11.6 Å². The molecular weight excluding hydrogens is 308 g/mol. The lowest BCUT2D eigenvalue weighted by Crippen LogP contribution is -1.99. The van der Waals surface area contributed by atoms with Gasteiger partial charge in [0.05, 0.1) is 12.5 Å². The number of halogens is 1. The van der Waals surface area contributed by atoms with Gasteiger partial charge < -0.3 is 9.47 Å². The van der Waals surface area contributed by atoms with E-state index >= 15 is 0 Å². The van der Waals surface area contributed by atoms with E-state index in [0.29, 0.717) is 12.5 Å². The average Bonchev–Trinajstić information content (AvgIpc) is 2.85. The van der Waals surface area contributed by atoms with Gasteiger partial charge in [-0.05, 0) is 42.3 Å². The van der Waals surface area contributed by atoms with Crippen LogP contribution >= 0.6 is 22.9 Å². The van der Waals surface area contributed by atoms with Crippen molar-refractivity contribution in [2.75, 3.05) is 7.11 Å². The monoisotopic (exact) mass is 320 g/mol. The molecule has 21 heavy (non-hydrogen) atoms. The first kappa shape index (κ1) is 14.1. The number of aromatic nitrogens is 2. The highest BCUT2D eigenvalue weighted by Crippen LogP contribution is 2.31. The van der Waals surface area contributed by atoms with E-state index in [2.05, 4.69) is 9.97 Å². The van der Waals surface area contributed by atoms with Crippen LogP contribution in [0.4, 0.5) is 0 Å². The Morgan fingerprint density at radius 1 is 1.24 bits per heavy atom. The Bertz CT molecular complexity index is 788. The predicted octanol–water partition coefficient (Wildman–Crippen LogP) is 4.24. The van der Waals surface area contributed by atoms with E-state index < -0.39 is 0 Å². The quantitative estimate of drug-likeness (QED) is 0.674. The summed E-state index contributed by atoms with van der Waals surface area (Å²) in [5.74, 6) is 1.31. The molecule has 0 aliphatic rings. The van der Waals surface area contributed by atoms with E-state index in [9.17, 15) is 0 Å². The summed E-state index contributed by atoms with van der Waals surface area (Å²) < 4.78 is 11.0. The molecule has 2 aromatic heterocycles. The number of thiophene rings is 1. The highest BCUT2D eigenvalue weighted by atomic mass is 35.5. The van der Waals surface area contributed by atoms with Gasteiger partial charge in [-0.2, -0.15) is 4.98 Å². The lowest BCUT2D eigenvalue weighted by atomic mass is 10.2. The fourth-order valence-electron chi connectivity index (χ4n) is 2.01. The van der Waals surface area contributed by atoms with Gasteiger partial charge in [-0.25, -0.2) is 4.98 Å². The van der Waals surface area contributed by atoms with Crippen molar-refractivity contribution in [3.05, 3.63) is 46.1 Å². The first-order valence-electron chi connectivity index (χ1n) is 6.35. The molecule has 0 N–H and O–H groups in total. The van der Waals surface area contributed by atoms with Crippen LogP contribution in [0, 0.1) is 6.92 Å². The topological polar surface area (TPSA) is 44.2 Å². The first-order chi connectivity index (χ1) is 10.2. The van der Waals surface area contributed by atoms with Crippen molar-refractivity contribution >= 4 is 33.2 Å². The summed E-state index contributed by atoms with van der Waals surface area (Å²) in [6, 6.07) is 9.73. The third-order valence-electron chi connectivity index (χ3n) is 2.96. The number of fused-ring (bicyclic) bond motifs is 1. The molecule has 0 radical (unpaired) electrons. The SMILES string of the molecule is COc1cccc(COc2nc(Cl)nc3sc(C)cc23)c1. The zero-order chi connectivity index (χ0) is 14.8. The minimum Gasteiger partial charge on any atom is -0.497 e. The molecule has 0 aliphatic carbocycles. The number of aryl methyl sites for hydroxylation is 1. The number of benzene rings is 1. The number of hydrogen-bond acceptors (Lipinski definition) is 5. The standard InChI is InChI=1S/C15H13ClN2O2S/c1-9-6-12-13(17-15(16)18-14(12)21-9)20-8-10-4-3-5-11(7-10)19-2/h3-7H,8H2,1-2H3. The Balaban J connectivity index is 1.87. The van der Waals surface area contributed by atoms with Crippen molar-refractivity contribution in [2.45, 2.75) is 13.5 Å². The summed E-state index contributed by atoms with van der Waals surface area (Å²) in [6.07, 6.45) is 0. The minimum atomic E-state index is 0.199. The van der Waals surface area contributed by atoms with Crippen LogP contribution < -0.4 is 9.47 Å². The Hall–Kier alpha value is -1.85. The van der Waals surface area contributed by atoms with Crippen LogP contribution in [0.5, 0.6) is 11.6 Å². The average molecular weight is 321 g/mol. The maximum atomic E-state index is 5.95. The summed E-state index contributed by atoms with van der Waals surface area (Å²) in [6.45, 7) is 2.42. The first-order valence-corrected chi connectivity index (χ1v) is 7.54. The van der Waals surface area contributed by atoms with E-state index in [1.54, 1.807) is 18.4 Å². The molecular formula is C15H13ClN2O2S. The maximum absolute atomic E-state index is 5.95. The molecule has 108 valence electrons. The van der Waals surface area contributed by atoms with Gasteiger partial charge in [0.25, 0.3) is 0 Å². The number of ether oxygens (including phenoxy) is 2. The summed E-state index contributed by atoms with van der Waals surface area (Å²) >= 11 is 7.52. The molecule has 0 fully saturated rings. The summed E-state index contributed by atoms with van der Waals surface area (Å²) in [5.41, 5.74) is 1.00. The third-order valence-corrected chi connectivity index (χ3v) is 4.08. The smallest absolute Gasteiger partial charge is 0.227 e. The van der Waals surface area contributed by atoms with Gasteiger partial charge in [-0.15, -0.1) is 11.3 Å². The second-order valence-electron chi connectivity index (χ2n) is 4.51.